The Labute approximate surface area is 74.5 Å². The Morgan fingerprint density at radius 3 is 2.67 bits per heavy atom. The largest absolute Gasteiger partial charge is 0.330 e. The topological polar surface area (TPSA) is 43.1 Å². The van der Waals surface area contributed by atoms with Gasteiger partial charge in [0.05, 0.1) is 0 Å². The molecule has 1 aliphatic rings. The lowest BCUT2D eigenvalue weighted by Gasteiger charge is -2.27. The molecule has 0 aromatic heterocycles. The molecule has 0 aromatic rings. The number of carbonyl (C=O) groups is 1. The smallest absolute Gasteiger partial charge is 0.130 e. The fourth-order valence-corrected chi connectivity index (χ4v) is 2.21. The molecule has 0 radical (unpaired) electrons. The van der Waals surface area contributed by atoms with Crippen molar-refractivity contribution in [2.24, 2.45) is 17.6 Å². The monoisotopic (exact) mass is 169 g/mol. The lowest BCUT2D eigenvalue weighted by atomic mass is 9.79. The number of hydrogen-bond donors (Lipinski definition) is 1. The van der Waals surface area contributed by atoms with Crippen molar-refractivity contribution in [1.29, 1.82) is 0 Å². The number of ketones is 1. The first-order valence-electron chi connectivity index (χ1n) is 4.92. The van der Waals surface area contributed by atoms with Crippen LogP contribution in [0.25, 0.3) is 0 Å². The van der Waals surface area contributed by atoms with Crippen molar-refractivity contribution in [3.8, 4) is 0 Å². The van der Waals surface area contributed by atoms with Crippen molar-refractivity contribution in [2.45, 2.75) is 39.0 Å². The summed E-state index contributed by atoms with van der Waals surface area (Å²) in [5, 5.41) is 0. The molecule has 2 atom stereocenters. The molecule has 0 bridgehead atoms. The predicted octanol–water partition coefficient (Wildman–Crippen LogP) is 1.73. The van der Waals surface area contributed by atoms with Crippen molar-refractivity contribution < 1.29 is 4.79 Å². The van der Waals surface area contributed by atoms with Crippen LogP contribution >= 0.6 is 0 Å². The van der Waals surface area contributed by atoms with E-state index in [-0.39, 0.29) is 0 Å². The molecule has 1 saturated carbocycles. The molecule has 2 nitrogen and oxygen atoms in total. The molecule has 2 unspecified atom stereocenters. The molecular formula is C10H19NO. The molecule has 0 amide bonds. The zero-order chi connectivity index (χ0) is 8.97. The molecule has 1 rings (SSSR count). The second kappa shape index (κ2) is 4.61. The van der Waals surface area contributed by atoms with Gasteiger partial charge in [-0.3, -0.25) is 0 Å². The van der Waals surface area contributed by atoms with Crippen molar-refractivity contribution >= 4 is 5.78 Å². The normalized spacial score (nSPS) is 30.2. The maximum Gasteiger partial charge on any atom is 0.130 e. The number of rotatable bonds is 3. The first-order valence-corrected chi connectivity index (χ1v) is 4.92. The van der Waals surface area contributed by atoms with E-state index in [9.17, 15) is 4.79 Å². The molecule has 12 heavy (non-hydrogen) atoms. The lowest BCUT2D eigenvalue weighted by Crippen LogP contribution is -2.23. The van der Waals surface area contributed by atoms with E-state index >= 15 is 0 Å². The molecule has 1 fully saturated rings. The Balaban J connectivity index is 2.30. The van der Waals surface area contributed by atoms with Crippen LogP contribution in [-0.4, -0.2) is 12.3 Å². The summed E-state index contributed by atoms with van der Waals surface area (Å²) >= 11 is 0. The highest BCUT2D eigenvalue weighted by Crippen LogP contribution is 2.30. The molecular weight excluding hydrogens is 150 g/mol. The van der Waals surface area contributed by atoms with Gasteiger partial charge in [-0.05, 0) is 38.1 Å². The first-order chi connectivity index (χ1) is 5.72. The minimum atomic E-state index is 0.331. The maximum absolute atomic E-state index is 10.9. The standard InChI is InChI=1S/C10H19NO/c1-8(12)5-9-3-2-4-10(6-9)7-11/h9-10H,2-7,11H2,1H3. The van der Waals surface area contributed by atoms with Gasteiger partial charge in [-0.1, -0.05) is 12.8 Å². The van der Waals surface area contributed by atoms with Gasteiger partial charge in [0.2, 0.25) is 0 Å². The number of Topliss-reactive ketones (excluding diaryl/α,β-unsaturated/α-hetero) is 1. The zero-order valence-electron chi connectivity index (χ0n) is 7.88. The second-order valence-electron chi connectivity index (χ2n) is 4.04. The highest BCUT2D eigenvalue weighted by atomic mass is 16.1. The summed E-state index contributed by atoms with van der Waals surface area (Å²) in [6.45, 7) is 2.49. The van der Waals surface area contributed by atoms with Gasteiger partial charge >= 0.3 is 0 Å². The predicted molar refractivity (Wildman–Crippen MR) is 49.8 cm³/mol. The van der Waals surface area contributed by atoms with Crippen molar-refractivity contribution in [3.05, 3.63) is 0 Å². The minimum Gasteiger partial charge on any atom is -0.330 e. The van der Waals surface area contributed by atoms with Crippen LogP contribution in [0.5, 0.6) is 0 Å². The summed E-state index contributed by atoms with van der Waals surface area (Å²) in [5.74, 6) is 1.64. The van der Waals surface area contributed by atoms with E-state index in [2.05, 4.69) is 0 Å². The van der Waals surface area contributed by atoms with Crippen LogP contribution in [0, 0.1) is 11.8 Å². The third kappa shape index (κ3) is 2.94. The number of nitrogens with two attached hydrogens (primary N) is 1. The highest BCUT2D eigenvalue weighted by Gasteiger charge is 2.21. The average molecular weight is 169 g/mol. The molecule has 0 aromatic carbocycles. The van der Waals surface area contributed by atoms with Crippen LogP contribution in [0.3, 0.4) is 0 Å². The van der Waals surface area contributed by atoms with Crippen LogP contribution < -0.4 is 5.73 Å². The Morgan fingerprint density at radius 2 is 2.08 bits per heavy atom. The van der Waals surface area contributed by atoms with Crippen molar-refractivity contribution in [1.82, 2.24) is 0 Å². The summed E-state index contributed by atoms with van der Waals surface area (Å²) in [6, 6.07) is 0. The molecule has 2 N–H and O–H groups in total. The molecule has 0 heterocycles. The van der Waals surface area contributed by atoms with Crippen molar-refractivity contribution in [2.75, 3.05) is 6.54 Å². The molecule has 2 heteroatoms. The van der Waals surface area contributed by atoms with E-state index in [0.717, 1.165) is 13.0 Å². The van der Waals surface area contributed by atoms with Gasteiger partial charge in [-0.25, -0.2) is 0 Å². The third-order valence-corrected chi connectivity index (χ3v) is 2.80. The summed E-state index contributed by atoms with van der Waals surface area (Å²) in [5.41, 5.74) is 5.61. The first kappa shape index (κ1) is 9.72. The van der Waals surface area contributed by atoms with E-state index in [1.54, 1.807) is 6.92 Å². The maximum atomic E-state index is 10.9. The second-order valence-corrected chi connectivity index (χ2v) is 4.04. The molecule has 0 saturated heterocycles. The minimum absolute atomic E-state index is 0.331. The number of hydrogen-bond acceptors (Lipinski definition) is 2. The van der Waals surface area contributed by atoms with Gasteiger partial charge in [-0.2, -0.15) is 0 Å². The number of carbonyl (C=O) groups excluding carboxylic acids is 1. The fraction of sp³-hybridized carbons (Fsp3) is 0.900. The highest BCUT2D eigenvalue weighted by molar-refractivity contribution is 5.75. The van der Waals surface area contributed by atoms with Gasteiger partial charge in [-0.15, -0.1) is 0 Å². The van der Waals surface area contributed by atoms with Gasteiger partial charge in [0.25, 0.3) is 0 Å². The Hall–Kier alpha value is -0.370. The molecule has 0 aliphatic heterocycles. The Kier molecular flexibility index (Phi) is 3.73. The van der Waals surface area contributed by atoms with E-state index in [4.69, 9.17) is 5.73 Å². The molecule has 1 aliphatic carbocycles. The van der Waals surface area contributed by atoms with Crippen LogP contribution in [0.15, 0.2) is 0 Å². The molecule has 70 valence electrons. The van der Waals surface area contributed by atoms with Gasteiger partial charge in [0, 0.05) is 6.42 Å². The van der Waals surface area contributed by atoms with Crippen LogP contribution in [0.4, 0.5) is 0 Å². The van der Waals surface area contributed by atoms with E-state index in [1.807, 2.05) is 0 Å². The summed E-state index contributed by atoms with van der Waals surface area (Å²) in [7, 11) is 0. The van der Waals surface area contributed by atoms with Gasteiger partial charge in [0.15, 0.2) is 0 Å². The SMILES string of the molecule is CC(=O)CC1CCCC(CN)C1. The van der Waals surface area contributed by atoms with Crippen LogP contribution in [0.2, 0.25) is 0 Å². The van der Waals surface area contributed by atoms with Gasteiger partial charge < -0.3 is 10.5 Å². The third-order valence-electron chi connectivity index (χ3n) is 2.80. The summed E-state index contributed by atoms with van der Waals surface area (Å²) in [6.07, 6.45) is 5.72. The van der Waals surface area contributed by atoms with Gasteiger partial charge in [0.1, 0.15) is 5.78 Å². The quantitative estimate of drug-likeness (QED) is 0.699. The van der Waals surface area contributed by atoms with Crippen molar-refractivity contribution in [3.63, 3.8) is 0 Å². The zero-order valence-corrected chi connectivity index (χ0v) is 7.88. The fourth-order valence-electron chi connectivity index (χ4n) is 2.21. The van der Waals surface area contributed by atoms with E-state index in [0.29, 0.717) is 17.6 Å². The van der Waals surface area contributed by atoms with Crippen LogP contribution in [-0.2, 0) is 4.79 Å². The summed E-state index contributed by atoms with van der Waals surface area (Å²) in [4.78, 5) is 10.9. The van der Waals surface area contributed by atoms with E-state index < -0.39 is 0 Å². The average Bonchev–Trinajstić information content (AvgIpc) is 2.03. The Morgan fingerprint density at radius 1 is 1.42 bits per heavy atom. The lowest BCUT2D eigenvalue weighted by molar-refractivity contribution is -0.118. The Bertz CT molecular complexity index is 156. The summed E-state index contributed by atoms with van der Waals surface area (Å²) < 4.78 is 0. The molecule has 0 spiro atoms. The van der Waals surface area contributed by atoms with Crippen LogP contribution in [0.1, 0.15) is 39.0 Å². The van der Waals surface area contributed by atoms with E-state index in [1.165, 1.54) is 25.7 Å².